The van der Waals surface area contributed by atoms with Crippen LogP contribution in [-0.4, -0.2) is 18.6 Å². The minimum Gasteiger partial charge on any atom is -0.270 e. The number of dihydropyridines is 1. The molecule has 0 aromatic rings. The first kappa shape index (κ1) is 9.65. The molecule has 1 aliphatic rings. The number of amidine groups is 1. The van der Waals surface area contributed by atoms with Crippen LogP contribution in [0.25, 0.3) is 0 Å². The normalized spacial score (nSPS) is 23.0. The average molecular weight is 174 g/mol. The molecule has 68 valence electrons. The molecule has 1 heterocycles. The summed E-state index contributed by atoms with van der Waals surface area (Å²) in [6.45, 7) is 7.69. The highest BCUT2D eigenvalue weighted by Crippen LogP contribution is 2.14. The molecule has 0 atom stereocenters. The summed E-state index contributed by atoms with van der Waals surface area (Å²) in [4.78, 5) is 8.46. The standard InChI is InChI=1S/C11H14N2/c1-5-6-10-7-8(2)9(3)13-11(10)12-4/h5-7H,1H2,2-4H3/b10-6-,12-11?. The first-order valence-electron chi connectivity index (χ1n) is 4.23. The van der Waals surface area contributed by atoms with E-state index in [1.165, 1.54) is 5.57 Å². The van der Waals surface area contributed by atoms with Crippen LogP contribution in [0, 0.1) is 0 Å². The number of allylic oxidation sites excluding steroid dienone is 3. The van der Waals surface area contributed by atoms with Crippen LogP contribution >= 0.6 is 0 Å². The lowest BCUT2D eigenvalue weighted by Crippen LogP contribution is -2.09. The van der Waals surface area contributed by atoms with Gasteiger partial charge in [0.1, 0.15) is 0 Å². The van der Waals surface area contributed by atoms with Crippen molar-refractivity contribution < 1.29 is 0 Å². The zero-order chi connectivity index (χ0) is 9.84. The molecular formula is C11H14N2. The minimum absolute atomic E-state index is 0.781. The number of nitrogens with zero attached hydrogens (tertiary/aromatic N) is 2. The fourth-order valence-corrected chi connectivity index (χ4v) is 1.14. The van der Waals surface area contributed by atoms with Gasteiger partial charge in [-0.05, 0) is 25.5 Å². The molecule has 0 spiro atoms. The van der Waals surface area contributed by atoms with Gasteiger partial charge in [0.2, 0.25) is 0 Å². The van der Waals surface area contributed by atoms with Crippen LogP contribution in [-0.2, 0) is 0 Å². The fourth-order valence-electron chi connectivity index (χ4n) is 1.14. The second-order valence-corrected chi connectivity index (χ2v) is 2.93. The van der Waals surface area contributed by atoms with Gasteiger partial charge in [0.15, 0.2) is 5.84 Å². The Hall–Kier alpha value is -1.44. The Morgan fingerprint density at radius 3 is 2.69 bits per heavy atom. The van der Waals surface area contributed by atoms with E-state index >= 15 is 0 Å². The number of aliphatic imine (C=N–C) groups is 2. The SMILES string of the molecule is C=C/C=C1/C=C(C)C(C)=NC1=NC. The Labute approximate surface area is 79.1 Å². The summed E-state index contributed by atoms with van der Waals surface area (Å²) in [5.41, 5.74) is 3.24. The maximum absolute atomic E-state index is 4.36. The summed E-state index contributed by atoms with van der Waals surface area (Å²) in [5, 5.41) is 0. The molecule has 0 fully saturated rings. The number of hydrogen-bond acceptors (Lipinski definition) is 1. The van der Waals surface area contributed by atoms with E-state index in [1.807, 2.05) is 19.9 Å². The zero-order valence-electron chi connectivity index (χ0n) is 8.33. The second kappa shape index (κ2) is 3.99. The molecule has 0 aromatic carbocycles. The van der Waals surface area contributed by atoms with Gasteiger partial charge in [0.25, 0.3) is 0 Å². The average Bonchev–Trinajstić information content (AvgIpc) is 2.11. The van der Waals surface area contributed by atoms with Crippen LogP contribution in [0.3, 0.4) is 0 Å². The lowest BCUT2D eigenvalue weighted by Gasteiger charge is -2.11. The maximum Gasteiger partial charge on any atom is 0.154 e. The van der Waals surface area contributed by atoms with Gasteiger partial charge in [-0.1, -0.05) is 18.7 Å². The predicted octanol–water partition coefficient (Wildman–Crippen LogP) is 2.55. The Morgan fingerprint density at radius 1 is 1.46 bits per heavy atom. The van der Waals surface area contributed by atoms with E-state index in [2.05, 4.69) is 22.6 Å². The highest BCUT2D eigenvalue weighted by molar-refractivity contribution is 6.16. The molecule has 0 radical (unpaired) electrons. The van der Waals surface area contributed by atoms with Crippen LogP contribution in [0.4, 0.5) is 0 Å². The van der Waals surface area contributed by atoms with Gasteiger partial charge in [-0.25, -0.2) is 4.99 Å². The van der Waals surface area contributed by atoms with Gasteiger partial charge in [0, 0.05) is 18.3 Å². The van der Waals surface area contributed by atoms with E-state index in [0.717, 1.165) is 17.1 Å². The summed E-state index contributed by atoms with van der Waals surface area (Å²) >= 11 is 0. The van der Waals surface area contributed by atoms with Crippen molar-refractivity contribution in [2.75, 3.05) is 7.05 Å². The molecular weight excluding hydrogens is 160 g/mol. The lowest BCUT2D eigenvalue weighted by atomic mass is 10.0. The van der Waals surface area contributed by atoms with Crippen molar-refractivity contribution in [1.29, 1.82) is 0 Å². The fraction of sp³-hybridized carbons (Fsp3) is 0.273. The van der Waals surface area contributed by atoms with Crippen LogP contribution in [0.1, 0.15) is 13.8 Å². The minimum atomic E-state index is 0.781. The molecule has 0 N–H and O–H groups in total. The Balaban J connectivity index is 3.15. The Kier molecular flexibility index (Phi) is 2.96. The van der Waals surface area contributed by atoms with Gasteiger partial charge in [0.05, 0.1) is 0 Å². The van der Waals surface area contributed by atoms with Crippen LogP contribution in [0.5, 0.6) is 0 Å². The van der Waals surface area contributed by atoms with Crippen molar-refractivity contribution in [2.45, 2.75) is 13.8 Å². The van der Waals surface area contributed by atoms with Gasteiger partial charge < -0.3 is 0 Å². The van der Waals surface area contributed by atoms with E-state index in [9.17, 15) is 0 Å². The first-order chi connectivity index (χ1) is 6.19. The summed E-state index contributed by atoms with van der Waals surface area (Å²) in [5.74, 6) is 0.781. The van der Waals surface area contributed by atoms with Crippen molar-refractivity contribution >= 4 is 11.5 Å². The van der Waals surface area contributed by atoms with E-state index in [1.54, 1.807) is 13.1 Å². The first-order valence-corrected chi connectivity index (χ1v) is 4.23. The molecule has 0 aliphatic carbocycles. The summed E-state index contributed by atoms with van der Waals surface area (Å²) < 4.78 is 0. The Morgan fingerprint density at radius 2 is 2.15 bits per heavy atom. The Bertz CT molecular complexity index is 341. The summed E-state index contributed by atoms with van der Waals surface area (Å²) in [6.07, 6.45) is 5.74. The summed E-state index contributed by atoms with van der Waals surface area (Å²) in [7, 11) is 1.75. The van der Waals surface area contributed by atoms with E-state index in [4.69, 9.17) is 0 Å². The zero-order valence-corrected chi connectivity index (χ0v) is 8.33. The van der Waals surface area contributed by atoms with Crippen molar-refractivity contribution in [3.63, 3.8) is 0 Å². The molecule has 0 amide bonds. The molecule has 0 aromatic heterocycles. The molecule has 2 nitrogen and oxygen atoms in total. The highest BCUT2D eigenvalue weighted by Gasteiger charge is 2.09. The molecule has 0 saturated heterocycles. The molecule has 0 unspecified atom stereocenters. The summed E-state index contributed by atoms with van der Waals surface area (Å²) in [6, 6.07) is 0. The van der Waals surface area contributed by atoms with Crippen LogP contribution in [0.15, 0.2) is 45.9 Å². The third-order valence-corrected chi connectivity index (χ3v) is 1.98. The number of rotatable bonds is 1. The monoisotopic (exact) mass is 174 g/mol. The molecule has 2 heteroatoms. The van der Waals surface area contributed by atoms with E-state index < -0.39 is 0 Å². The van der Waals surface area contributed by atoms with Crippen molar-refractivity contribution in [1.82, 2.24) is 0 Å². The highest BCUT2D eigenvalue weighted by atomic mass is 14.9. The topological polar surface area (TPSA) is 24.7 Å². The van der Waals surface area contributed by atoms with Crippen molar-refractivity contribution in [2.24, 2.45) is 9.98 Å². The lowest BCUT2D eigenvalue weighted by molar-refractivity contribution is 1.35. The second-order valence-electron chi connectivity index (χ2n) is 2.93. The largest absolute Gasteiger partial charge is 0.270 e. The van der Waals surface area contributed by atoms with Gasteiger partial charge >= 0.3 is 0 Å². The van der Waals surface area contributed by atoms with Crippen molar-refractivity contribution in [3.8, 4) is 0 Å². The quantitative estimate of drug-likeness (QED) is 0.583. The van der Waals surface area contributed by atoms with Gasteiger partial charge in [-0.15, -0.1) is 0 Å². The molecule has 1 rings (SSSR count). The molecule has 0 bridgehead atoms. The molecule has 13 heavy (non-hydrogen) atoms. The molecule has 1 aliphatic heterocycles. The van der Waals surface area contributed by atoms with E-state index in [-0.39, 0.29) is 0 Å². The molecule has 0 saturated carbocycles. The van der Waals surface area contributed by atoms with Crippen LogP contribution < -0.4 is 0 Å². The van der Waals surface area contributed by atoms with Crippen LogP contribution in [0.2, 0.25) is 0 Å². The third kappa shape index (κ3) is 2.02. The van der Waals surface area contributed by atoms with Gasteiger partial charge in [-0.2, -0.15) is 0 Å². The maximum atomic E-state index is 4.36. The van der Waals surface area contributed by atoms with Crippen molar-refractivity contribution in [3.05, 3.63) is 36.0 Å². The predicted molar refractivity (Wildman–Crippen MR) is 58.5 cm³/mol. The van der Waals surface area contributed by atoms with Gasteiger partial charge in [-0.3, -0.25) is 4.99 Å². The number of hydrogen-bond donors (Lipinski definition) is 0. The third-order valence-electron chi connectivity index (χ3n) is 1.98. The van der Waals surface area contributed by atoms with E-state index in [0.29, 0.717) is 0 Å². The smallest absolute Gasteiger partial charge is 0.154 e.